The highest BCUT2D eigenvalue weighted by Gasteiger charge is 2.34. The zero-order valence-electron chi connectivity index (χ0n) is 19.1. The minimum absolute atomic E-state index is 0.0908. The fourth-order valence-corrected chi connectivity index (χ4v) is 4.23. The van der Waals surface area contributed by atoms with Gasteiger partial charge in [-0.2, -0.15) is 8.78 Å². The maximum Gasteiger partial charge on any atom is 0.357 e. The Morgan fingerprint density at radius 2 is 1.91 bits per heavy atom. The van der Waals surface area contributed by atoms with Crippen LogP contribution in [0.25, 0.3) is 11.1 Å². The molecule has 2 aromatic carbocycles. The Balaban J connectivity index is 1.80. The van der Waals surface area contributed by atoms with E-state index in [4.69, 9.17) is 9.47 Å². The molecule has 0 spiro atoms. The molecule has 5 nitrogen and oxygen atoms in total. The van der Waals surface area contributed by atoms with E-state index in [1.807, 2.05) is 6.92 Å². The van der Waals surface area contributed by atoms with Gasteiger partial charge >= 0.3 is 12.6 Å². The van der Waals surface area contributed by atoms with Gasteiger partial charge in [-0.3, -0.25) is 0 Å². The van der Waals surface area contributed by atoms with Gasteiger partial charge in [-0.1, -0.05) is 31.2 Å². The van der Waals surface area contributed by atoms with Gasteiger partial charge in [0, 0.05) is 23.1 Å². The third-order valence-corrected chi connectivity index (χ3v) is 5.80. The van der Waals surface area contributed by atoms with E-state index in [1.54, 1.807) is 31.2 Å². The fraction of sp³-hybridized carbons (Fsp3) is 0.308. The van der Waals surface area contributed by atoms with E-state index in [1.165, 1.54) is 12.1 Å². The average molecular weight is 489 g/mol. The van der Waals surface area contributed by atoms with Gasteiger partial charge in [-0.05, 0) is 48.2 Å². The summed E-state index contributed by atoms with van der Waals surface area (Å²) < 4.78 is 69.4. The van der Waals surface area contributed by atoms with E-state index in [-0.39, 0.29) is 36.3 Å². The number of nitrogens with zero attached hydrogens (tertiary/aromatic N) is 1. The highest BCUT2D eigenvalue weighted by atomic mass is 19.3. The lowest BCUT2D eigenvalue weighted by Gasteiger charge is -2.33. The van der Waals surface area contributed by atoms with Crippen LogP contribution < -0.4 is 4.74 Å². The molecule has 184 valence electrons. The zero-order valence-corrected chi connectivity index (χ0v) is 19.1. The van der Waals surface area contributed by atoms with E-state index in [2.05, 4.69) is 9.72 Å². The normalized spacial score (nSPS) is 17.1. The van der Waals surface area contributed by atoms with Crippen LogP contribution in [0, 0.1) is 17.6 Å². The molecular formula is C26H23F4NO4. The molecule has 0 saturated carbocycles. The second-order valence-electron chi connectivity index (χ2n) is 8.17. The largest absolute Gasteiger partial charge is 0.469 e. The van der Waals surface area contributed by atoms with Crippen LogP contribution in [0.3, 0.4) is 0 Å². The third kappa shape index (κ3) is 5.30. The summed E-state index contributed by atoms with van der Waals surface area (Å²) in [4.78, 5) is 16.8. The molecule has 2 heterocycles. The summed E-state index contributed by atoms with van der Waals surface area (Å²) in [5, 5.41) is 0. The second-order valence-corrected chi connectivity index (χ2v) is 8.17. The highest BCUT2D eigenvalue weighted by Crippen LogP contribution is 2.43. The lowest BCUT2D eigenvalue weighted by atomic mass is 9.84. The first-order valence-electron chi connectivity index (χ1n) is 11.1. The number of rotatable bonds is 7. The topological polar surface area (TPSA) is 57.7 Å². The molecule has 0 aliphatic carbocycles. The molecule has 3 aromatic rings. The van der Waals surface area contributed by atoms with E-state index in [0.29, 0.717) is 28.7 Å². The minimum atomic E-state index is -2.92. The maximum absolute atomic E-state index is 14.7. The molecule has 0 amide bonds. The second kappa shape index (κ2) is 10.4. The summed E-state index contributed by atoms with van der Waals surface area (Å²) in [6.07, 6.45) is -0.206. The average Bonchev–Trinajstić information content (AvgIpc) is 2.82. The Morgan fingerprint density at radius 1 is 1.14 bits per heavy atom. The molecule has 1 aliphatic rings. The summed E-state index contributed by atoms with van der Waals surface area (Å²) in [5.41, 5.74) is 2.06. The zero-order chi connectivity index (χ0) is 25.1. The van der Waals surface area contributed by atoms with Crippen molar-refractivity contribution in [3.63, 3.8) is 0 Å². The van der Waals surface area contributed by atoms with Crippen molar-refractivity contribution in [2.24, 2.45) is 5.92 Å². The van der Waals surface area contributed by atoms with Gasteiger partial charge in [-0.15, -0.1) is 0 Å². The quantitative estimate of drug-likeness (QED) is 0.290. The van der Waals surface area contributed by atoms with Crippen molar-refractivity contribution in [3.8, 4) is 17.0 Å². The first kappa shape index (κ1) is 24.7. The molecule has 2 atom stereocenters. The molecule has 1 aliphatic heterocycles. The van der Waals surface area contributed by atoms with Crippen LogP contribution in [0.2, 0.25) is 0 Å². The fourth-order valence-electron chi connectivity index (χ4n) is 4.23. The van der Waals surface area contributed by atoms with Gasteiger partial charge in [0.05, 0.1) is 13.2 Å². The Hall–Kier alpha value is -3.46. The number of pyridine rings is 1. The first-order valence-corrected chi connectivity index (χ1v) is 11.1. The summed E-state index contributed by atoms with van der Waals surface area (Å²) >= 11 is 0. The third-order valence-electron chi connectivity index (χ3n) is 5.80. The van der Waals surface area contributed by atoms with Gasteiger partial charge in [-0.25, -0.2) is 18.6 Å². The van der Waals surface area contributed by atoms with Gasteiger partial charge < -0.3 is 14.2 Å². The number of hydrogen-bond acceptors (Lipinski definition) is 5. The van der Waals surface area contributed by atoms with Crippen LogP contribution in [-0.2, 0) is 22.5 Å². The number of fused-ring (bicyclic) bond motifs is 1. The molecule has 0 bridgehead atoms. The Bertz CT molecular complexity index is 1230. The molecule has 1 aromatic heterocycles. The lowest BCUT2D eigenvalue weighted by molar-refractivity contribution is -0.137. The van der Waals surface area contributed by atoms with Crippen molar-refractivity contribution in [2.75, 3.05) is 6.61 Å². The number of carbonyl (C=O) groups is 1. The van der Waals surface area contributed by atoms with E-state index >= 15 is 0 Å². The van der Waals surface area contributed by atoms with Crippen LogP contribution in [0.15, 0.2) is 48.5 Å². The molecule has 35 heavy (non-hydrogen) atoms. The molecule has 0 radical (unpaired) electrons. The molecule has 0 fully saturated rings. The van der Waals surface area contributed by atoms with E-state index in [0.717, 1.165) is 12.1 Å². The number of ether oxygens (including phenoxy) is 3. The van der Waals surface area contributed by atoms with Gasteiger partial charge in [0.25, 0.3) is 0 Å². The predicted octanol–water partition coefficient (Wildman–Crippen LogP) is 6.26. The van der Waals surface area contributed by atoms with Crippen LogP contribution >= 0.6 is 0 Å². The first-order chi connectivity index (χ1) is 16.8. The highest BCUT2D eigenvalue weighted by molar-refractivity contribution is 5.90. The molecule has 9 heteroatoms. The van der Waals surface area contributed by atoms with E-state index < -0.39 is 30.3 Å². The monoisotopic (exact) mass is 489 g/mol. The number of aromatic nitrogens is 1. The van der Waals surface area contributed by atoms with E-state index in [9.17, 15) is 22.4 Å². The van der Waals surface area contributed by atoms with Gasteiger partial charge in [0.15, 0.2) is 5.69 Å². The standard InChI is InChI=1S/C26H23F4NO4/c1-3-33-25(32)22-12-19(18-9-8-16(27)11-21(18)28)20-10-14(2)23(35-24(20)31-22)17-7-5-4-6-15(17)13-34-26(29)30/h4-9,11-12,14,23,26H,3,10,13H2,1-2H3/t14-,23-/m1/s1. The van der Waals surface area contributed by atoms with Crippen molar-refractivity contribution >= 4 is 5.97 Å². The van der Waals surface area contributed by atoms with Gasteiger partial charge in [0.1, 0.15) is 17.7 Å². The summed E-state index contributed by atoms with van der Waals surface area (Å²) in [6.45, 7) is 0.424. The Labute approximate surface area is 199 Å². The number of carbonyl (C=O) groups excluding carboxylic acids is 1. The number of alkyl halides is 2. The van der Waals surface area contributed by atoms with Crippen molar-refractivity contribution in [1.29, 1.82) is 0 Å². The van der Waals surface area contributed by atoms with Crippen LogP contribution in [0.5, 0.6) is 5.88 Å². The van der Waals surface area contributed by atoms with Crippen LogP contribution in [-0.4, -0.2) is 24.2 Å². The summed E-state index contributed by atoms with van der Waals surface area (Å²) in [5.74, 6) is -2.32. The lowest BCUT2D eigenvalue weighted by Crippen LogP contribution is -2.27. The molecule has 0 N–H and O–H groups in total. The molecular weight excluding hydrogens is 466 g/mol. The van der Waals surface area contributed by atoms with Gasteiger partial charge in [0.2, 0.25) is 5.88 Å². The number of halogens is 4. The maximum atomic E-state index is 14.7. The number of hydrogen-bond donors (Lipinski definition) is 0. The van der Waals surface area contributed by atoms with Crippen molar-refractivity contribution < 1.29 is 36.6 Å². The van der Waals surface area contributed by atoms with Crippen LogP contribution in [0.1, 0.15) is 47.1 Å². The molecule has 0 unspecified atom stereocenters. The van der Waals surface area contributed by atoms with Crippen molar-refractivity contribution in [1.82, 2.24) is 4.98 Å². The predicted molar refractivity (Wildman–Crippen MR) is 119 cm³/mol. The smallest absolute Gasteiger partial charge is 0.357 e. The van der Waals surface area contributed by atoms with Crippen molar-refractivity contribution in [2.45, 2.75) is 39.6 Å². The van der Waals surface area contributed by atoms with Crippen LogP contribution in [0.4, 0.5) is 17.6 Å². The summed E-state index contributed by atoms with van der Waals surface area (Å²) in [7, 11) is 0. The number of esters is 1. The Morgan fingerprint density at radius 3 is 2.63 bits per heavy atom. The SMILES string of the molecule is CCOC(=O)c1cc(-c2ccc(F)cc2F)c2c(n1)O[C@@H](c1ccccc1COC(F)F)[C@H](C)C2. The molecule has 0 saturated heterocycles. The van der Waals surface area contributed by atoms with Crippen molar-refractivity contribution in [3.05, 3.63) is 82.5 Å². The molecule has 4 rings (SSSR count). The Kier molecular flexibility index (Phi) is 7.35. The summed E-state index contributed by atoms with van der Waals surface area (Å²) in [6, 6.07) is 11.5. The minimum Gasteiger partial charge on any atom is -0.469 e. The number of benzene rings is 2.